The lowest BCUT2D eigenvalue weighted by molar-refractivity contribution is -0.132. The third kappa shape index (κ3) is 3.98. The van der Waals surface area contributed by atoms with Crippen molar-refractivity contribution < 1.29 is 4.79 Å². The number of hydrogen-bond acceptors (Lipinski definition) is 2. The van der Waals surface area contributed by atoms with Gasteiger partial charge < -0.3 is 9.80 Å². The largest absolute Gasteiger partial charge is 0.374 e. The maximum Gasteiger partial charge on any atom is 0.224 e. The van der Waals surface area contributed by atoms with Crippen molar-refractivity contribution in [1.82, 2.24) is 4.90 Å². The molecule has 0 aliphatic carbocycles. The number of hydrogen-bond donors (Lipinski definition) is 0. The Morgan fingerprint density at radius 1 is 1.26 bits per heavy atom. The van der Waals surface area contributed by atoms with E-state index in [1.54, 1.807) is 0 Å². The molecule has 19 heavy (non-hydrogen) atoms. The van der Waals surface area contributed by atoms with E-state index in [9.17, 15) is 4.79 Å². The number of anilines is 1. The molecule has 1 aliphatic heterocycles. The van der Waals surface area contributed by atoms with Gasteiger partial charge in [-0.05, 0) is 30.9 Å². The highest BCUT2D eigenvalue weighted by atomic mass is 16.2. The zero-order valence-electron chi connectivity index (χ0n) is 12.0. The molecule has 0 spiro atoms. The fourth-order valence-corrected chi connectivity index (χ4v) is 2.49. The molecule has 0 atom stereocenters. The molecular formula is C16H24N2O. The van der Waals surface area contributed by atoms with E-state index in [2.05, 4.69) is 24.0 Å². The lowest BCUT2D eigenvalue weighted by Gasteiger charge is -2.31. The van der Waals surface area contributed by atoms with Gasteiger partial charge in [-0.1, -0.05) is 25.1 Å². The van der Waals surface area contributed by atoms with Crippen LogP contribution in [-0.4, -0.2) is 37.5 Å². The van der Waals surface area contributed by atoms with Gasteiger partial charge in [0.05, 0.1) is 0 Å². The van der Waals surface area contributed by atoms with E-state index in [-0.39, 0.29) is 0 Å². The monoisotopic (exact) mass is 260 g/mol. The highest BCUT2D eigenvalue weighted by molar-refractivity contribution is 5.76. The van der Waals surface area contributed by atoms with Gasteiger partial charge >= 0.3 is 0 Å². The molecule has 1 heterocycles. The maximum absolute atomic E-state index is 12.1. The van der Waals surface area contributed by atoms with Gasteiger partial charge in [0.1, 0.15) is 0 Å². The quantitative estimate of drug-likeness (QED) is 0.831. The van der Waals surface area contributed by atoms with E-state index in [0.717, 1.165) is 38.4 Å². The summed E-state index contributed by atoms with van der Waals surface area (Å²) in [6, 6.07) is 10.2. The highest BCUT2D eigenvalue weighted by Crippen LogP contribution is 2.17. The van der Waals surface area contributed by atoms with Crippen LogP contribution >= 0.6 is 0 Å². The van der Waals surface area contributed by atoms with Crippen LogP contribution in [0.15, 0.2) is 30.3 Å². The minimum atomic E-state index is 0.301. The zero-order valence-corrected chi connectivity index (χ0v) is 12.0. The molecule has 1 aromatic carbocycles. The number of rotatable bonds is 4. The Balaban J connectivity index is 1.77. The Kier molecular flexibility index (Phi) is 4.83. The Morgan fingerprint density at radius 3 is 2.53 bits per heavy atom. The molecule has 0 unspecified atom stereocenters. The lowest BCUT2D eigenvalue weighted by atomic mass is 9.99. The number of likely N-dealkylation sites (tertiary alicyclic amines) is 1. The van der Waals surface area contributed by atoms with Crippen molar-refractivity contribution in [2.45, 2.75) is 26.2 Å². The Labute approximate surface area is 116 Å². The summed E-state index contributed by atoms with van der Waals surface area (Å²) in [5, 5.41) is 0. The minimum absolute atomic E-state index is 0.301. The molecular weight excluding hydrogens is 236 g/mol. The van der Waals surface area contributed by atoms with Crippen LogP contribution in [-0.2, 0) is 4.79 Å². The summed E-state index contributed by atoms with van der Waals surface area (Å²) in [6.07, 6.45) is 2.92. The number of para-hydroxylation sites is 1. The number of amides is 1. The zero-order chi connectivity index (χ0) is 13.7. The van der Waals surface area contributed by atoms with Crippen LogP contribution in [0.1, 0.15) is 26.2 Å². The second-order valence-corrected chi connectivity index (χ2v) is 5.57. The average Bonchev–Trinajstić information content (AvgIpc) is 2.46. The van der Waals surface area contributed by atoms with Crippen LogP contribution in [0, 0.1) is 5.92 Å². The Morgan fingerprint density at radius 2 is 1.89 bits per heavy atom. The average molecular weight is 260 g/mol. The fourth-order valence-electron chi connectivity index (χ4n) is 2.49. The molecule has 3 heteroatoms. The molecule has 0 radical (unpaired) electrons. The van der Waals surface area contributed by atoms with Crippen molar-refractivity contribution >= 4 is 11.6 Å². The molecule has 0 saturated carbocycles. The van der Waals surface area contributed by atoms with Crippen LogP contribution in [0.5, 0.6) is 0 Å². The Bertz CT molecular complexity index is 396. The van der Waals surface area contributed by atoms with E-state index >= 15 is 0 Å². The molecule has 0 N–H and O–H groups in total. The maximum atomic E-state index is 12.1. The number of nitrogens with zero attached hydrogens (tertiary/aromatic N) is 2. The van der Waals surface area contributed by atoms with E-state index in [4.69, 9.17) is 0 Å². The van der Waals surface area contributed by atoms with E-state index in [1.165, 1.54) is 5.69 Å². The second-order valence-electron chi connectivity index (χ2n) is 5.57. The predicted octanol–water partition coefficient (Wildman–Crippen LogP) is 2.77. The summed E-state index contributed by atoms with van der Waals surface area (Å²) in [5.41, 5.74) is 1.17. The summed E-state index contributed by atoms with van der Waals surface area (Å²) in [4.78, 5) is 16.3. The first-order chi connectivity index (χ1) is 9.16. The van der Waals surface area contributed by atoms with Crippen molar-refractivity contribution in [3.05, 3.63) is 30.3 Å². The fraction of sp³-hybridized carbons (Fsp3) is 0.562. The van der Waals surface area contributed by atoms with Gasteiger partial charge in [0, 0.05) is 38.8 Å². The SMILES string of the molecule is CC1CCN(C(=O)CCN(C)c2ccccc2)CC1. The molecule has 0 aromatic heterocycles. The predicted molar refractivity (Wildman–Crippen MR) is 79.3 cm³/mol. The number of carbonyl (C=O) groups is 1. The van der Waals surface area contributed by atoms with Gasteiger partial charge in [-0.2, -0.15) is 0 Å². The number of carbonyl (C=O) groups excluding carboxylic acids is 1. The first-order valence-corrected chi connectivity index (χ1v) is 7.21. The summed E-state index contributed by atoms with van der Waals surface area (Å²) in [7, 11) is 2.04. The van der Waals surface area contributed by atoms with Gasteiger partial charge in [-0.3, -0.25) is 4.79 Å². The van der Waals surface area contributed by atoms with Crippen LogP contribution < -0.4 is 4.90 Å². The van der Waals surface area contributed by atoms with Gasteiger partial charge in [0.2, 0.25) is 5.91 Å². The van der Waals surface area contributed by atoms with Gasteiger partial charge in [0.15, 0.2) is 0 Å². The highest BCUT2D eigenvalue weighted by Gasteiger charge is 2.20. The second kappa shape index (κ2) is 6.60. The summed E-state index contributed by atoms with van der Waals surface area (Å²) < 4.78 is 0. The number of benzene rings is 1. The van der Waals surface area contributed by atoms with E-state index in [0.29, 0.717) is 12.3 Å². The van der Waals surface area contributed by atoms with Gasteiger partial charge in [-0.25, -0.2) is 0 Å². The molecule has 1 aromatic rings. The molecule has 0 bridgehead atoms. The topological polar surface area (TPSA) is 23.6 Å². The van der Waals surface area contributed by atoms with Crippen molar-refractivity contribution in [2.75, 3.05) is 31.6 Å². The molecule has 1 fully saturated rings. The summed E-state index contributed by atoms with van der Waals surface area (Å²) >= 11 is 0. The smallest absolute Gasteiger partial charge is 0.224 e. The van der Waals surface area contributed by atoms with Gasteiger partial charge in [-0.15, -0.1) is 0 Å². The van der Waals surface area contributed by atoms with E-state index in [1.807, 2.05) is 30.1 Å². The standard InChI is InChI=1S/C16H24N2O/c1-14-8-12-18(13-9-14)16(19)10-11-17(2)15-6-4-3-5-7-15/h3-7,14H,8-13H2,1-2H3. The third-order valence-electron chi connectivity index (χ3n) is 3.99. The van der Waals surface area contributed by atoms with Crippen LogP contribution in [0.25, 0.3) is 0 Å². The molecule has 3 nitrogen and oxygen atoms in total. The molecule has 1 amide bonds. The molecule has 104 valence electrons. The van der Waals surface area contributed by atoms with Crippen molar-refractivity contribution in [3.8, 4) is 0 Å². The molecule has 2 rings (SSSR count). The lowest BCUT2D eigenvalue weighted by Crippen LogP contribution is -2.39. The first-order valence-electron chi connectivity index (χ1n) is 7.21. The van der Waals surface area contributed by atoms with Crippen LogP contribution in [0.3, 0.4) is 0 Å². The van der Waals surface area contributed by atoms with Gasteiger partial charge in [0.25, 0.3) is 0 Å². The molecule has 1 aliphatic rings. The van der Waals surface area contributed by atoms with E-state index < -0.39 is 0 Å². The summed E-state index contributed by atoms with van der Waals surface area (Å²) in [6.45, 7) is 4.93. The Hall–Kier alpha value is -1.51. The number of piperidine rings is 1. The van der Waals surface area contributed by atoms with Crippen molar-refractivity contribution in [1.29, 1.82) is 0 Å². The van der Waals surface area contributed by atoms with Crippen LogP contribution in [0.4, 0.5) is 5.69 Å². The minimum Gasteiger partial charge on any atom is -0.374 e. The van der Waals surface area contributed by atoms with Crippen molar-refractivity contribution in [3.63, 3.8) is 0 Å². The first kappa shape index (κ1) is 13.9. The normalized spacial score (nSPS) is 16.4. The third-order valence-corrected chi connectivity index (χ3v) is 3.99. The van der Waals surface area contributed by atoms with Crippen LogP contribution in [0.2, 0.25) is 0 Å². The van der Waals surface area contributed by atoms with Crippen molar-refractivity contribution in [2.24, 2.45) is 5.92 Å². The molecule has 1 saturated heterocycles. The summed E-state index contributed by atoms with van der Waals surface area (Å²) in [5.74, 6) is 1.07.